The summed E-state index contributed by atoms with van der Waals surface area (Å²) in [6.45, 7) is 6.74. The van der Waals surface area contributed by atoms with Gasteiger partial charge in [-0.3, -0.25) is 29.7 Å². The third-order valence-electron chi connectivity index (χ3n) is 10.4. The zero-order valence-corrected chi connectivity index (χ0v) is 59.9. The zero-order chi connectivity index (χ0) is 72.5. The van der Waals surface area contributed by atoms with Crippen molar-refractivity contribution >= 4 is 150 Å². The van der Waals surface area contributed by atoms with E-state index in [0.29, 0.717) is 39.8 Å². The number of para-hydroxylation sites is 2. The molecule has 1 aliphatic rings. The van der Waals surface area contributed by atoms with Crippen molar-refractivity contribution in [3.05, 3.63) is 98.0 Å². The van der Waals surface area contributed by atoms with Crippen LogP contribution in [0, 0.1) is 6.92 Å². The van der Waals surface area contributed by atoms with Crippen LogP contribution < -0.4 is 60.4 Å². The van der Waals surface area contributed by atoms with E-state index in [4.69, 9.17) is 82.2 Å². The SMILES string of the molecule is CC1COc2ccccc2N1C(=O)C(Cl)Cl.CCNc1nc(Cl)nc(NC(C)C)n1.COc1cc(OC)nc(NC(=O)NS(=O)(=O)c2ncccc2C(=O)N(C)C)n1.C[S+](C)C.Cc1nn(-c2cc(NS(C)(=O)=O)c(Cl)cc2Cl)c(=O)n1C(F)F.O=C(O)CNCP(=O)([O-])O. The Morgan fingerprint density at radius 3 is 2.00 bits per heavy atom. The number of aromatic nitrogens is 9. The number of carbonyl (C=O) groups is 4. The number of aliphatic carboxylic acids is 1. The molecular weight excluding hydrogens is 1450 g/mol. The fraction of sp³-hybridized carbons (Fsp3) is 0.412. The lowest BCUT2D eigenvalue weighted by Gasteiger charge is -2.35. The highest BCUT2D eigenvalue weighted by atomic mass is 35.5. The van der Waals surface area contributed by atoms with Crippen molar-refractivity contribution in [2.45, 2.75) is 63.1 Å². The van der Waals surface area contributed by atoms with Crippen LogP contribution in [0.15, 0.2) is 70.6 Å². The number of urea groups is 1. The number of hydrogen-bond acceptors (Lipinski definition) is 24. The van der Waals surface area contributed by atoms with Gasteiger partial charge in [0.2, 0.25) is 44.9 Å². The summed E-state index contributed by atoms with van der Waals surface area (Å²) in [7, 11) is -6.20. The van der Waals surface area contributed by atoms with E-state index in [1.165, 1.54) is 70.6 Å². The second kappa shape index (κ2) is 39.1. The summed E-state index contributed by atoms with van der Waals surface area (Å²) >= 11 is 28.8. The van der Waals surface area contributed by atoms with Crippen molar-refractivity contribution < 1.29 is 78.5 Å². The number of alkyl halides is 4. The van der Waals surface area contributed by atoms with Crippen molar-refractivity contribution in [1.29, 1.82) is 0 Å². The molecule has 4 aromatic heterocycles. The van der Waals surface area contributed by atoms with E-state index < -0.39 is 80.5 Å². The van der Waals surface area contributed by atoms with Gasteiger partial charge in [-0.2, -0.15) is 46.8 Å². The van der Waals surface area contributed by atoms with Gasteiger partial charge < -0.3 is 54.1 Å². The van der Waals surface area contributed by atoms with Gasteiger partial charge in [-0.05, 0) is 93.5 Å². The maximum Gasteiger partial charge on any atom is 0.355 e. The van der Waals surface area contributed by atoms with Crippen molar-refractivity contribution in [2.24, 2.45) is 0 Å². The molecular formula is C51H69Cl5F2N17O16PS3. The third kappa shape index (κ3) is 29.3. The number of carboxylic acid groups (broad SMARTS) is 1. The Labute approximate surface area is 572 Å². The van der Waals surface area contributed by atoms with Crippen molar-refractivity contribution in [3.8, 4) is 23.2 Å². The Morgan fingerprint density at radius 1 is 0.905 bits per heavy atom. The lowest BCUT2D eigenvalue weighted by atomic mass is 10.1. The highest BCUT2D eigenvalue weighted by Crippen LogP contribution is 2.35. The van der Waals surface area contributed by atoms with Gasteiger partial charge >= 0.3 is 24.2 Å². The van der Waals surface area contributed by atoms with Gasteiger partial charge in [0.25, 0.3) is 21.8 Å². The first-order valence-corrected chi connectivity index (χ1v) is 36.3. The minimum Gasteiger partial charge on any atom is -0.778 e. The van der Waals surface area contributed by atoms with Crippen LogP contribution in [0.25, 0.3) is 5.69 Å². The van der Waals surface area contributed by atoms with Crippen molar-refractivity contribution in [3.63, 3.8) is 0 Å². The number of carboxylic acids is 1. The summed E-state index contributed by atoms with van der Waals surface area (Å²) in [4.78, 5) is 101. The van der Waals surface area contributed by atoms with E-state index >= 15 is 0 Å². The largest absolute Gasteiger partial charge is 0.778 e. The molecule has 7 rings (SSSR count). The normalized spacial score (nSPS) is 12.9. The number of nitrogens with zero attached hydrogens (tertiary/aromatic N) is 11. The van der Waals surface area contributed by atoms with Gasteiger partial charge in [-0.1, -0.05) is 58.5 Å². The summed E-state index contributed by atoms with van der Waals surface area (Å²) in [5.74, 6) is -0.699. The first-order valence-electron chi connectivity index (χ1n) is 26.7. The highest BCUT2D eigenvalue weighted by Gasteiger charge is 2.32. The summed E-state index contributed by atoms with van der Waals surface area (Å²) in [5, 5.41) is 21.4. The van der Waals surface area contributed by atoms with Crippen LogP contribution >= 0.6 is 65.6 Å². The molecule has 0 radical (unpaired) electrons. The number of halogens is 7. The monoisotopic (exact) mass is 1520 g/mol. The number of pyridine rings is 1. The molecule has 4 amide bonds. The van der Waals surface area contributed by atoms with Crippen LogP contribution in [-0.4, -0.2) is 196 Å². The van der Waals surface area contributed by atoms with Gasteiger partial charge in [-0.25, -0.2) is 32.3 Å². The van der Waals surface area contributed by atoms with Crippen molar-refractivity contribution in [2.75, 3.05) is 105 Å². The van der Waals surface area contributed by atoms with E-state index in [0.717, 1.165) is 24.6 Å². The molecule has 0 spiro atoms. The Hall–Kier alpha value is -7.23. The van der Waals surface area contributed by atoms with Crippen LogP contribution in [0.5, 0.6) is 17.5 Å². The lowest BCUT2D eigenvalue weighted by molar-refractivity contribution is -0.193. The molecule has 2 aromatic carbocycles. The van der Waals surface area contributed by atoms with Gasteiger partial charge in [0.15, 0.2) is 9.86 Å². The smallest absolute Gasteiger partial charge is 0.355 e. The van der Waals surface area contributed by atoms with Crippen LogP contribution in [0.1, 0.15) is 50.4 Å². The number of fused-ring (bicyclic) bond motifs is 1. The minimum absolute atomic E-state index is 0.0257. The molecule has 0 bridgehead atoms. The number of benzene rings is 2. The number of sulfonamides is 2. The topological polar surface area (TPSA) is 441 Å². The number of nitrogens with one attached hydrogen (secondary N) is 6. The number of ether oxygens (including phenoxy) is 3. The zero-order valence-electron chi connectivity index (χ0n) is 52.8. The van der Waals surface area contributed by atoms with Crippen LogP contribution in [0.3, 0.4) is 0 Å². The molecule has 95 heavy (non-hydrogen) atoms. The average molecular weight is 1520 g/mol. The Balaban J connectivity index is 0.000000414. The first-order chi connectivity index (χ1) is 44.1. The molecule has 1 aliphatic heterocycles. The van der Waals surface area contributed by atoms with Gasteiger partial charge in [-0.15, -0.1) is 5.10 Å². The molecule has 0 aliphatic carbocycles. The van der Waals surface area contributed by atoms with Crippen LogP contribution in [0.2, 0.25) is 15.3 Å². The van der Waals surface area contributed by atoms with Gasteiger partial charge in [0, 0.05) is 32.9 Å². The number of hydrogen-bond donors (Lipinski definition) is 8. The molecule has 44 heteroatoms. The molecule has 33 nitrogen and oxygen atoms in total. The Bertz CT molecular complexity index is 3900. The highest BCUT2D eigenvalue weighted by molar-refractivity contribution is 7.94. The number of carbonyl (C=O) groups excluding carboxylic acids is 3. The molecule has 526 valence electrons. The Morgan fingerprint density at radius 2 is 1.49 bits per heavy atom. The van der Waals surface area contributed by atoms with Gasteiger partial charge in [0.1, 0.15) is 25.8 Å². The maximum atomic E-state index is 12.8. The predicted octanol–water partition coefficient (Wildman–Crippen LogP) is 5.56. The summed E-state index contributed by atoms with van der Waals surface area (Å²) in [6, 6.07) is 12.8. The molecule has 0 saturated carbocycles. The number of amides is 4. The second-order valence-corrected chi connectivity index (χ2v) is 29.1. The molecule has 2 atom stereocenters. The lowest BCUT2D eigenvalue weighted by Crippen LogP contribution is -2.47. The van der Waals surface area contributed by atoms with E-state index in [2.05, 4.69) is 74.4 Å². The molecule has 5 heterocycles. The molecule has 0 saturated heterocycles. The molecule has 6 aromatic rings. The summed E-state index contributed by atoms with van der Waals surface area (Å²) in [6.07, 6.45) is 7.97. The van der Waals surface area contributed by atoms with E-state index in [-0.39, 0.29) is 78.4 Å². The Kier molecular flexibility index (Phi) is 34.5. The first kappa shape index (κ1) is 83.9. The van der Waals surface area contributed by atoms with Crippen LogP contribution in [0.4, 0.5) is 42.8 Å². The number of anilines is 5. The second-order valence-electron chi connectivity index (χ2n) is 19.5. The van der Waals surface area contributed by atoms with Crippen LogP contribution in [-0.2, 0) is 45.1 Å². The number of methoxy groups -OCH3 is 2. The standard InChI is InChI=1S/C15H18N6O6S.C11H10Cl2F2N4O3S.C11H11Cl2NO2.C8H14ClN5.C3H8NO5P.C3H9S/c1-21(2)13(22)9-6-5-7-16-12(9)28(24,25)20-15(23)19-14-17-10(26-3)8-11(18-14)27-4;1-5-16-19(11(20)18(5)10(14)15)9-4-8(17-23(2,21)22)6(12)3-7(9)13;1-7-6-16-9-5-3-2-4-8(9)14(7)11(15)10(12)13;1-4-10-7-12-6(9)13-8(14-7)11-5(2)3;5-3(6)1-4-2-10(7,8)9;1-4(2)3/h5-8H,1-4H3,(H2,17,18,19,20,23);3-4,10,17H,1-2H3;2-5,7,10H,6H2,1H3;5H,4H2,1-3H3,(H2,10,11,12,13,14);4H,1-2H2,(H,5,6)(H2,7,8,9);1-3H3/q;;;;;+1/p-1. The third-order valence-corrected chi connectivity index (χ3v) is 14.0. The quantitative estimate of drug-likeness (QED) is 0.0279. The predicted molar refractivity (Wildman–Crippen MR) is 357 cm³/mol. The molecule has 0 fully saturated rings. The van der Waals surface area contributed by atoms with Gasteiger partial charge in [0.05, 0.1) is 96.9 Å². The summed E-state index contributed by atoms with van der Waals surface area (Å²) in [5.41, 5.74) is -0.740. The van der Waals surface area contributed by atoms with E-state index in [1.807, 2.05) is 57.3 Å². The fourth-order valence-corrected chi connectivity index (χ4v) is 9.70. The number of rotatable bonds is 19. The summed E-state index contributed by atoms with van der Waals surface area (Å²) < 4.78 is 103. The van der Waals surface area contributed by atoms with E-state index in [9.17, 15) is 59.0 Å². The molecule has 8 N–H and O–H groups in total. The van der Waals surface area contributed by atoms with Crippen molar-refractivity contribution in [1.82, 2.24) is 59.2 Å². The average Bonchev–Trinajstić information content (AvgIpc) is 1.76. The number of aryl methyl sites for hydroxylation is 1. The minimum atomic E-state index is -4.46. The maximum absolute atomic E-state index is 12.8. The van der Waals surface area contributed by atoms with E-state index in [1.54, 1.807) is 9.62 Å². The molecule has 2 unspecified atom stereocenters. The fourth-order valence-electron chi connectivity index (χ4n) is 6.77.